The number of hydrogen-bond donors (Lipinski definition) is 1. The Hall–Kier alpha value is -4.64. The second-order valence-electron chi connectivity index (χ2n) is 7.99. The van der Waals surface area contributed by atoms with E-state index in [0.717, 1.165) is 17.1 Å². The number of pyridine rings is 1. The summed E-state index contributed by atoms with van der Waals surface area (Å²) in [5.74, 6) is -0.802. The molecule has 1 heterocycles. The summed E-state index contributed by atoms with van der Waals surface area (Å²) in [5.41, 5.74) is 2.97. The van der Waals surface area contributed by atoms with Crippen molar-refractivity contribution < 1.29 is 9.90 Å². The van der Waals surface area contributed by atoms with E-state index in [4.69, 9.17) is 0 Å². The van der Waals surface area contributed by atoms with Crippen LogP contribution in [0.4, 0.5) is 17.1 Å². The van der Waals surface area contributed by atoms with Crippen molar-refractivity contribution in [1.29, 1.82) is 0 Å². The number of aryl methyl sites for hydroxylation is 1. The van der Waals surface area contributed by atoms with Crippen molar-refractivity contribution in [3.8, 4) is 5.75 Å². The molecule has 5 aromatic rings. The van der Waals surface area contributed by atoms with Gasteiger partial charge in [0.1, 0.15) is 11.3 Å². The third kappa shape index (κ3) is 3.63. The maximum Gasteiger partial charge on any atom is 0.265 e. The molecule has 0 atom stereocenters. The average molecular weight is 447 g/mol. The normalized spacial score (nSPS) is 10.9. The zero-order valence-electron chi connectivity index (χ0n) is 18.6. The van der Waals surface area contributed by atoms with Crippen LogP contribution in [-0.2, 0) is 7.05 Å². The number of aromatic hydroxyl groups is 1. The van der Waals surface area contributed by atoms with Crippen molar-refractivity contribution >= 4 is 33.7 Å². The summed E-state index contributed by atoms with van der Waals surface area (Å²) in [5, 5.41) is 11.2. The van der Waals surface area contributed by atoms with Gasteiger partial charge >= 0.3 is 0 Å². The second-order valence-corrected chi connectivity index (χ2v) is 7.99. The van der Waals surface area contributed by atoms with E-state index in [9.17, 15) is 14.7 Å². The quantitative estimate of drug-likeness (QED) is 0.339. The summed E-state index contributed by atoms with van der Waals surface area (Å²) in [7, 11) is 1.60. The number of carbonyl (C=O) groups excluding carboxylic acids is 1. The van der Waals surface area contributed by atoms with Crippen LogP contribution in [0.2, 0.25) is 0 Å². The van der Waals surface area contributed by atoms with Crippen LogP contribution < -0.4 is 10.5 Å². The lowest BCUT2D eigenvalue weighted by molar-refractivity contribution is 0.103. The van der Waals surface area contributed by atoms with Crippen LogP contribution in [0.1, 0.15) is 15.9 Å². The fourth-order valence-electron chi connectivity index (χ4n) is 4.19. The van der Waals surface area contributed by atoms with Gasteiger partial charge in [0.15, 0.2) is 0 Å². The minimum Gasteiger partial charge on any atom is -0.506 e. The Balaban J connectivity index is 1.57. The van der Waals surface area contributed by atoms with Gasteiger partial charge in [0.2, 0.25) is 5.78 Å². The summed E-state index contributed by atoms with van der Waals surface area (Å²) >= 11 is 0. The minimum atomic E-state index is -0.527. The molecular formula is C29H22N2O3. The Morgan fingerprint density at radius 1 is 0.706 bits per heavy atom. The predicted molar refractivity (Wildman–Crippen MR) is 135 cm³/mol. The smallest absolute Gasteiger partial charge is 0.265 e. The van der Waals surface area contributed by atoms with E-state index in [2.05, 4.69) is 4.90 Å². The van der Waals surface area contributed by atoms with E-state index in [1.54, 1.807) is 43.4 Å². The molecule has 1 aromatic heterocycles. The van der Waals surface area contributed by atoms with Crippen molar-refractivity contribution in [2.45, 2.75) is 0 Å². The molecule has 0 spiro atoms. The Bertz CT molecular complexity index is 1500. The molecule has 0 saturated carbocycles. The summed E-state index contributed by atoms with van der Waals surface area (Å²) in [4.78, 5) is 28.3. The lowest BCUT2D eigenvalue weighted by atomic mass is 10.0. The highest BCUT2D eigenvalue weighted by Crippen LogP contribution is 2.34. The van der Waals surface area contributed by atoms with Gasteiger partial charge in [0.25, 0.3) is 5.56 Å². The van der Waals surface area contributed by atoms with Crippen LogP contribution in [-0.4, -0.2) is 15.5 Å². The van der Waals surface area contributed by atoms with Gasteiger partial charge in [0, 0.05) is 35.1 Å². The third-order valence-corrected chi connectivity index (χ3v) is 5.92. The van der Waals surface area contributed by atoms with Gasteiger partial charge in [-0.25, -0.2) is 0 Å². The van der Waals surface area contributed by atoms with Crippen molar-refractivity contribution in [3.05, 3.63) is 131 Å². The molecule has 0 saturated heterocycles. The number of rotatable bonds is 5. The highest BCUT2D eigenvalue weighted by Gasteiger charge is 2.22. The number of aromatic nitrogens is 1. The molecule has 166 valence electrons. The fraction of sp³-hybridized carbons (Fsp3) is 0.0345. The van der Waals surface area contributed by atoms with Crippen molar-refractivity contribution in [3.63, 3.8) is 0 Å². The number of ketones is 1. The first-order valence-corrected chi connectivity index (χ1v) is 10.9. The first kappa shape index (κ1) is 21.2. The number of hydrogen-bond acceptors (Lipinski definition) is 4. The van der Waals surface area contributed by atoms with E-state index in [1.807, 2.05) is 72.8 Å². The third-order valence-electron chi connectivity index (χ3n) is 5.92. The topological polar surface area (TPSA) is 62.5 Å². The summed E-state index contributed by atoms with van der Waals surface area (Å²) in [6, 6.07) is 33.9. The maximum atomic E-state index is 13.3. The number of fused-ring (bicyclic) bond motifs is 1. The minimum absolute atomic E-state index is 0.225. The molecule has 34 heavy (non-hydrogen) atoms. The summed E-state index contributed by atoms with van der Waals surface area (Å²) in [6.07, 6.45) is 0. The predicted octanol–water partition coefficient (Wildman–Crippen LogP) is 5.94. The number of benzene rings is 4. The molecule has 0 aliphatic carbocycles. The first-order valence-electron chi connectivity index (χ1n) is 10.9. The number of anilines is 3. The monoisotopic (exact) mass is 446 g/mol. The summed E-state index contributed by atoms with van der Waals surface area (Å²) < 4.78 is 1.39. The standard InChI is InChI=1S/C29H22N2O3/c1-30-25-15-9-8-14-24(25)28(33)26(29(30)34)27(32)20-16-18-23(19-17-20)31(21-10-4-2-5-11-21)22-12-6-3-7-13-22/h2-19,33H,1H3. The number of nitrogens with zero attached hydrogens (tertiary/aromatic N) is 2. The van der Waals surface area contributed by atoms with E-state index >= 15 is 0 Å². The molecule has 0 bridgehead atoms. The molecule has 4 aromatic carbocycles. The lowest BCUT2D eigenvalue weighted by Crippen LogP contribution is -2.25. The van der Waals surface area contributed by atoms with Crippen LogP contribution in [0.5, 0.6) is 5.75 Å². The molecule has 0 fully saturated rings. The molecule has 0 radical (unpaired) electrons. The van der Waals surface area contributed by atoms with Gasteiger partial charge < -0.3 is 14.6 Å². The van der Waals surface area contributed by atoms with Crippen LogP contribution in [0.15, 0.2) is 114 Å². The SMILES string of the molecule is Cn1c(=O)c(C(=O)c2ccc(N(c3ccccc3)c3ccccc3)cc2)c(O)c2ccccc21. The fourth-order valence-corrected chi connectivity index (χ4v) is 4.19. The zero-order chi connectivity index (χ0) is 23.7. The molecule has 5 heteroatoms. The molecule has 5 rings (SSSR count). The molecule has 0 unspecified atom stereocenters. The summed E-state index contributed by atoms with van der Waals surface area (Å²) in [6.45, 7) is 0. The Kier molecular flexibility index (Phi) is 5.44. The van der Waals surface area contributed by atoms with E-state index in [0.29, 0.717) is 16.5 Å². The van der Waals surface area contributed by atoms with Gasteiger partial charge in [-0.1, -0.05) is 48.5 Å². The van der Waals surface area contributed by atoms with Crippen LogP contribution >= 0.6 is 0 Å². The van der Waals surface area contributed by atoms with Crippen LogP contribution in [0, 0.1) is 0 Å². The van der Waals surface area contributed by atoms with Crippen molar-refractivity contribution in [2.75, 3.05) is 4.90 Å². The molecular weight excluding hydrogens is 424 g/mol. The van der Waals surface area contributed by atoms with E-state index in [-0.39, 0.29) is 11.3 Å². The Morgan fingerprint density at radius 2 is 1.21 bits per heavy atom. The zero-order valence-corrected chi connectivity index (χ0v) is 18.6. The highest BCUT2D eigenvalue weighted by atomic mass is 16.3. The van der Waals surface area contributed by atoms with Gasteiger partial charge in [-0.15, -0.1) is 0 Å². The molecule has 0 aliphatic heterocycles. The maximum absolute atomic E-state index is 13.3. The second kappa shape index (κ2) is 8.71. The Labute approximate surface area is 196 Å². The molecule has 5 nitrogen and oxygen atoms in total. The first-order chi connectivity index (χ1) is 16.6. The van der Waals surface area contributed by atoms with Crippen LogP contribution in [0.3, 0.4) is 0 Å². The van der Waals surface area contributed by atoms with E-state index in [1.165, 1.54) is 4.57 Å². The highest BCUT2D eigenvalue weighted by molar-refractivity contribution is 6.13. The molecule has 0 amide bonds. The lowest BCUT2D eigenvalue weighted by Gasteiger charge is -2.25. The van der Waals surface area contributed by atoms with Gasteiger partial charge in [-0.2, -0.15) is 0 Å². The van der Waals surface area contributed by atoms with Crippen molar-refractivity contribution in [2.24, 2.45) is 7.05 Å². The van der Waals surface area contributed by atoms with Gasteiger partial charge in [-0.05, 0) is 60.7 Å². The van der Waals surface area contributed by atoms with E-state index < -0.39 is 11.3 Å². The average Bonchev–Trinajstić information content (AvgIpc) is 2.89. The number of carbonyl (C=O) groups is 1. The van der Waals surface area contributed by atoms with Crippen molar-refractivity contribution in [1.82, 2.24) is 4.57 Å². The number of para-hydroxylation sites is 3. The van der Waals surface area contributed by atoms with Crippen LogP contribution in [0.25, 0.3) is 10.9 Å². The van der Waals surface area contributed by atoms with Gasteiger partial charge in [-0.3, -0.25) is 9.59 Å². The van der Waals surface area contributed by atoms with Gasteiger partial charge in [0.05, 0.1) is 5.52 Å². The largest absolute Gasteiger partial charge is 0.506 e. The molecule has 0 aliphatic rings. The Morgan fingerprint density at radius 3 is 1.79 bits per heavy atom. The molecule has 1 N–H and O–H groups in total.